The van der Waals surface area contributed by atoms with Crippen LogP contribution in [0.4, 0.5) is 5.13 Å². The molecule has 25 heavy (non-hydrogen) atoms. The zero-order chi connectivity index (χ0) is 17.8. The normalized spacial score (nSPS) is 10.7. The molecule has 0 aliphatic carbocycles. The van der Waals surface area contributed by atoms with Gasteiger partial charge in [-0.15, -0.1) is 11.3 Å². The van der Waals surface area contributed by atoms with E-state index >= 15 is 0 Å². The van der Waals surface area contributed by atoms with Crippen LogP contribution >= 0.6 is 34.7 Å². The molecule has 0 saturated heterocycles. The van der Waals surface area contributed by atoms with E-state index < -0.39 is 5.91 Å². The number of hydrogen-bond donors (Lipinski definition) is 1. The highest BCUT2D eigenvalue weighted by Crippen LogP contribution is 2.26. The van der Waals surface area contributed by atoms with Crippen LogP contribution in [0.15, 0.2) is 41.0 Å². The number of thiazole rings is 1. The number of thioether (sulfide) groups is 1. The smallest absolute Gasteiger partial charge is 0.277 e. The van der Waals surface area contributed by atoms with Crippen molar-refractivity contribution in [3.05, 3.63) is 52.1 Å². The second-order valence-electron chi connectivity index (χ2n) is 5.10. The maximum Gasteiger partial charge on any atom is 0.277 e. The van der Waals surface area contributed by atoms with Crippen LogP contribution in [0.5, 0.6) is 0 Å². The van der Waals surface area contributed by atoms with Crippen molar-refractivity contribution in [3.8, 4) is 11.3 Å². The summed E-state index contributed by atoms with van der Waals surface area (Å²) in [6.45, 7) is 2.12. The molecule has 3 aromatic rings. The first-order chi connectivity index (χ1) is 12.1. The Kier molecular flexibility index (Phi) is 5.67. The van der Waals surface area contributed by atoms with Crippen molar-refractivity contribution in [2.75, 3.05) is 11.6 Å². The summed E-state index contributed by atoms with van der Waals surface area (Å²) < 4.78 is 0. The fraction of sp³-hybridized carbons (Fsp3) is 0.176. The van der Waals surface area contributed by atoms with Crippen LogP contribution in [0, 0.1) is 0 Å². The van der Waals surface area contributed by atoms with Gasteiger partial charge in [-0.05, 0) is 18.2 Å². The Balaban J connectivity index is 1.77. The van der Waals surface area contributed by atoms with Gasteiger partial charge in [0.05, 0.1) is 16.9 Å². The molecular formula is C17H15ClN4OS2. The van der Waals surface area contributed by atoms with E-state index in [2.05, 4.69) is 39.3 Å². The first kappa shape index (κ1) is 17.8. The number of halogens is 1. The van der Waals surface area contributed by atoms with Crippen molar-refractivity contribution in [1.29, 1.82) is 0 Å². The van der Waals surface area contributed by atoms with Crippen molar-refractivity contribution < 1.29 is 4.79 Å². The average molecular weight is 391 g/mol. The molecule has 128 valence electrons. The van der Waals surface area contributed by atoms with Crippen molar-refractivity contribution in [2.45, 2.75) is 18.5 Å². The topological polar surface area (TPSA) is 67.8 Å². The molecule has 0 radical (unpaired) electrons. The lowest BCUT2D eigenvalue weighted by molar-refractivity contribution is 0.102. The first-order valence-electron chi connectivity index (χ1n) is 7.53. The van der Waals surface area contributed by atoms with Crippen LogP contribution in [-0.2, 0) is 6.42 Å². The zero-order valence-electron chi connectivity index (χ0n) is 13.6. The molecule has 1 N–H and O–H groups in total. The second-order valence-corrected chi connectivity index (χ2v) is 7.13. The molecule has 0 aliphatic heterocycles. The zero-order valence-corrected chi connectivity index (χ0v) is 16.0. The van der Waals surface area contributed by atoms with Crippen LogP contribution in [0.2, 0.25) is 5.02 Å². The maximum absolute atomic E-state index is 12.4. The average Bonchev–Trinajstić information content (AvgIpc) is 3.10. The molecule has 0 fully saturated rings. The molecular weight excluding hydrogens is 376 g/mol. The molecule has 0 aliphatic rings. The minimum Gasteiger partial charge on any atom is -0.296 e. The van der Waals surface area contributed by atoms with E-state index in [1.807, 2.05) is 23.8 Å². The molecule has 0 saturated carbocycles. The number of benzene rings is 1. The van der Waals surface area contributed by atoms with Gasteiger partial charge in [-0.1, -0.05) is 54.6 Å². The highest BCUT2D eigenvalue weighted by molar-refractivity contribution is 7.98. The van der Waals surface area contributed by atoms with Gasteiger partial charge in [0.2, 0.25) is 0 Å². The van der Waals surface area contributed by atoms with Gasteiger partial charge in [0.25, 0.3) is 5.91 Å². The van der Waals surface area contributed by atoms with E-state index in [0.29, 0.717) is 10.3 Å². The van der Waals surface area contributed by atoms with Crippen molar-refractivity contribution >= 4 is 45.7 Å². The summed E-state index contributed by atoms with van der Waals surface area (Å²) in [6.07, 6.45) is 4.26. The van der Waals surface area contributed by atoms with Gasteiger partial charge in [0, 0.05) is 10.9 Å². The third kappa shape index (κ3) is 4.18. The molecule has 1 amide bonds. The molecule has 2 aromatic heterocycles. The Morgan fingerprint density at radius 1 is 1.28 bits per heavy atom. The Hall–Kier alpha value is -1.96. The number of amides is 1. The van der Waals surface area contributed by atoms with Gasteiger partial charge in [0.1, 0.15) is 0 Å². The van der Waals surface area contributed by atoms with Gasteiger partial charge >= 0.3 is 0 Å². The molecule has 8 heteroatoms. The van der Waals surface area contributed by atoms with Crippen LogP contribution in [0.3, 0.4) is 0 Å². The first-order valence-corrected chi connectivity index (χ1v) is 10.0. The summed E-state index contributed by atoms with van der Waals surface area (Å²) in [5, 5.41) is 5.86. The fourth-order valence-electron chi connectivity index (χ4n) is 2.14. The number of carbonyl (C=O) groups is 1. The minimum atomic E-state index is -0.398. The van der Waals surface area contributed by atoms with Gasteiger partial charge in [-0.3, -0.25) is 10.1 Å². The van der Waals surface area contributed by atoms with Crippen molar-refractivity contribution in [3.63, 3.8) is 0 Å². The van der Waals surface area contributed by atoms with Crippen LogP contribution in [-0.4, -0.2) is 27.1 Å². The highest BCUT2D eigenvalue weighted by Gasteiger charge is 2.16. The standard InChI is InChI=1S/C17H15ClN4OS2/c1-3-10-4-6-11(7-5-10)13-9-25-17(20-13)22-15(23)14-12(18)8-19-16(21-14)24-2/h4-9H,3H2,1-2H3,(H,20,22,23). The molecule has 0 unspecified atom stereocenters. The number of carbonyl (C=O) groups excluding carboxylic acids is 1. The third-order valence-corrected chi connectivity index (χ3v) is 5.10. The summed E-state index contributed by atoms with van der Waals surface area (Å²) >= 11 is 8.74. The Labute approximate surface area is 158 Å². The number of nitrogens with zero attached hydrogens (tertiary/aromatic N) is 3. The van der Waals surface area contributed by atoms with Gasteiger partial charge in [0.15, 0.2) is 16.0 Å². The Bertz CT molecular complexity index is 896. The Morgan fingerprint density at radius 2 is 2.04 bits per heavy atom. The molecule has 5 nitrogen and oxygen atoms in total. The number of aryl methyl sites for hydroxylation is 1. The number of aromatic nitrogens is 3. The maximum atomic E-state index is 12.4. The quantitative estimate of drug-likeness (QED) is 0.501. The summed E-state index contributed by atoms with van der Waals surface area (Å²) in [5.74, 6) is -0.398. The SMILES string of the molecule is CCc1ccc(-c2csc(NC(=O)c3nc(SC)ncc3Cl)n2)cc1. The lowest BCUT2D eigenvalue weighted by Gasteiger charge is -2.04. The van der Waals surface area contributed by atoms with E-state index in [-0.39, 0.29) is 10.7 Å². The molecule has 0 bridgehead atoms. The predicted octanol–water partition coefficient (Wildman–Crippen LogP) is 4.79. The van der Waals surface area contributed by atoms with E-state index in [4.69, 9.17) is 11.6 Å². The molecule has 2 heterocycles. The van der Waals surface area contributed by atoms with E-state index in [1.54, 1.807) is 0 Å². The number of anilines is 1. The monoisotopic (exact) mass is 390 g/mol. The van der Waals surface area contributed by atoms with Crippen LogP contribution in [0.1, 0.15) is 23.0 Å². The number of hydrogen-bond acceptors (Lipinski definition) is 6. The number of nitrogens with one attached hydrogen (secondary N) is 1. The fourth-order valence-corrected chi connectivity index (χ4v) is 3.37. The number of rotatable bonds is 5. The molecule has 0 atom stereocenters. The van der Waals surface area contributed by atoms with Gasteiger partial charge < -0.3 is 0 Å². The summed E-state index contributed by atoms with van der Waals surface area (Å²) in [7, 11) is 0. The van der Waals surface area contributed by atoms with Crippen LogP contribution < -0.4 is 5.32 Å². The predicted molar refractivity (Wildman–Crippen MR) is 104 cm³/mol. The molecule has 3 rings (SSSR count). The lowest BCUT2D eigenvalue weighted by Crippen LogP contribution is -2.15. The molecule has 0 spiro atoms. The van der Waals surface area contributed by atoms with E-state index in [0.717, 1.165) is 17.7 Å². The van der Waals surface area contributed by atoms with Gasteiger partial charge in [-0.2, -0.15) is 0 Å². The van der Waals surface area contributed by atoms with Gasteiger partial charge in [-0.25, -0.2) is 15.0 Å². The highest BCUT2D eigenvalue weighted by atomic mass is 35.5. The molecule has 1 aromatic carbocycles. The Morgan fingerprint density at radius 3 is 2.72 bits per heavy atom. The van der Waals surface area contributed by atoms with Crippen molar-refractivity contribution in [1.82, 2.24) is 15.0 Å². The van der Waals surface area contributed by atoms with Crippen molar-refractivity contribution in [2.24, 2.45) is 0 Å². The van der Waals surface area contributed by atoms with Crippen LogP contribution in [0.25, 0.3) is 11.3 Å². The minimum absolute atomic E-state index is 0.144. The van der Waals surface area contributed by atoms with E-state index in [1.165, 1.54) is 34.9 Å². The lowest BCUT2D eigenvalue weighted by atomic mass is 10.1. The summed E-state index contributed by atoms with van der Waals surface area (Å²) in [5.41, 5.74) is 3.25. The van der Waals surface area contributed by atoms with E-state index in [9.17, 15) is 4.79 Å². The second kappa shape index (κ2) is 7.95. The summed E-state index contributed by atoms with van der Waals surface area (Å²) in [4.78, 5) is 25.1. The third-order valence-electron chi connectivity index (χ3n) is 3.50. The summed E-state index contributed by atoms with van der Waals surface area (Å²) in [6, 6.07) is 8.23. The largest absolute Gasteiger partial charge is 0.296 e.